The molecule has 0 saturated carbocycles. The van der Waals surface area contributed by atoms with Crippen LogP contribution in [0.1, 0.15) is 0 Å². The van der Waals surface area contributed by atoms with E-state index in [9.17, 15) is 0 Å². The van der Waals surface area contributed by atoms with Crippen molar-refractivity contribution in [3.63, 3.8) is 0 Å². The van der Waals surface area contributed by atoms with E-state index in [4.69, 9.17) is 5.73 Å². The zero-order valence-electron chi connectivity index (χ0n) is 7.18. The Morgan fingerprint density at radius 2 is 2.15 bits per heavy atom. The van der Waals surface area contributed by atoms with Crippen molar-refractivity contribution < 1.29 is 0 Å². The molecule has 0 amide bonds. The van der Waals surface area contributed by atoms with Crippen LogP contribution in [-0.4, -0.2) is 19.5 Å². The third kappa shape index (κ3) is 1.35. The van der Waals surface area contributed by atoms with Crippen molar-refractivity contribution in [3.8, 4) is 11.5 Å². The zero-order valence-corrected chi connectivity index (χ0v) is 7.18. The van der Waals surface area contributed by atoms with E-state index in [0.717, 1.165) is 11.5 Å². The van der Waals surface area contributed by atoms with Gasteiger partial charge in [0.2, 0.25) is 0 Å². The molecule has 0 saturated heterocycles. The maximum atomic E-state index is 5.53. The van der Waals surface area contributed by atoms with Gasteiger partial charge in [-0.25, -0.2) is 15.0 Å². The van der Waals surface area contributed by atoms with Crippen LogP contribution in [0.3, 0.4) is 0 Å². The predicted molar refractivity (Wildman–Crippen MR) is 48.6 cm³/mol. The maximum Gasteiger partial charge on any atom is 0.158 e. The lowest BCUT2D eigenvalue weighted by Gasteiger charge is -2.00. The highest BCUT2D eigenvalue weighted by Gasteiger charge is 2.04. The Balaban J connectivity index is 2.53. The second-order valence-corrected chi connectivity index (χ2v) is 2.69. The lowest BCUT2D eigenvalue weighted by atomic mass is 10.4. The van der Waals surface area contributed by atoms with Crippen LogP contribution in [0.4, 0.5) is 5.82 Å². The van der Waals surface area contributed by atoms with Crippen LogP contribution in [-0.2, 0) is 7.05 Å². The molecule has 66 valence electrons. The van der Waals surface area contributed by atoms with Crippen molar-refractivity contribution >= 4 is 5.82 Å². The van der Waals surface area contributed by atoms with Crippen molar-refractivity contribution in [2.24, 2.45) is 7.05 Å². The first kappa shape index (κ1) is 7.72. The van der Waals surface area contributed by atoms with Crippen LogP contribution < -0.4 is 5.73 Å². The van der Waals surface area contributed by atoms with Crippen LogP contribution in [0, 0.1) is 0 Å². The molecule has 2 N–H and O–H groups in total. The lowest BCUT2D eigenvalue weighted by molar-refractivity contribution is 0.915. The van der Waals surface area contributed by atoms with E-state index < -0.39 is 0 Å². The molecule has 0 bridgehead atoms. The summed E-state index contributed by atoms with van der Waals surface area (Å²) < 4.78 is 1.88. The summed E-state index contributed by atoms with van der Waals surface area (Å²) in [4.78, 5) is 12.0. The summed E-state index contributed by atoms with van der Waals surface area (Å²) in [5.41, 5.74) is 6.26. The number of aromatic nitrogens is 4. The molecule has 0 aliphatic carbocycles. The van der Waals surface area contributed by atoms with Gasteiger partial charge in [-0.05, 0) is 0 Å². The lowest BCUT2D eigenvalue weighted by Crippen LogP contribution is -1.97. The molecule has 5 nitrogen and oxygen atoms in total. The van der Waals surface area contributed by atoms with Gasteiger partial charge in [0.15, 0.2) is 5.82 Å². The Morgan fingerprint density at radius 1 is 1.31 bits per heavy atom. The molecular weight excluding hydrogens is 166 g/mol. The van der Waals surface area contributed by atoms with E-state index in [-0.39, 0.29) is 0 Å². The largest absolute Gasteiger partial charge is 0.384 e. The summed E-state index contributed by atoms with van der Waals surface area (Å²) in [6, 6.07) is 1.70. The molecule has 0 unspecified atom stereocenters. The number of hydrogen-bond donors (Lipinski definition) is 1. The van der Waals surface area contributed by atoms with Crippen LogP contribution in [0.15, 0.2) is 24.8 Å². The normalized spacial score (nSPS) is 10.2. The van der Waals surface area contributed by atoms with Gasteiger partial charge >= 0.3 is 0 Å². The highest BCUT2D eigenvalue weighted by molar-refractivity contribution is 5.53. The summed E-state index contributed by atoms with van der Waals surface area (Å²) in [7, 11) is 1.90. The van der Waals surface area contributed by atoms with Gasteiger partial charge in [-0.2, -0.15) is 0 Å². The molecule has 0 aliphatic heterocycles. The quantitative estimate of drug-likeness (QED) is 0.683. The first-order valence-corrected chi connectivity index (χ1v) is 3.82. The summed E-state index contributed by atoms with van der Waals surface area (Å²) in [6.07, 6.45) is 5.00. The maximum absolute atomic E-state index is 5.53. The number of imidazole rings is 1. The molecule has 2 rings (SSSR count). The molecule has 2 heterocycles. The van der Waals surface area contributed by atoms with Crippen molar-refractivity contribution in [1.82, 2.24) is 19.5 Å². The average molecular weight is 175 g/mol. The third-order valence-electron chi connectivity index (χ3n) is 1.74. The Bertz CT molecular complexity index is 420. The summed E-state index contributed by atoms with van der Waals surface area (Å²) in [5, 5.41) is 0. The number of rotatable bonds is 1. The molecule has 0 spiro atoms. The Kier molecular flexibility index (Phi) is 1.70. The Morgan fingerprint density at radius 3 is 2.77 bits per heavy atom. The molecule has 0 atom stereocenters. The standard InChI is InChI=1S/C8H9N5/c1-13-3-2-10-8(13)6-4-7(9)12-5-11-6/h2-5H,1H3,(H2,9,11,12). The van der Waals surface area contributed by atoms with E-state index in [2.05, 4.69) is 15.0 Å². The number of hydrogen-bond acceptors (Lipinski definition) is 4. The SMILES string of the molecule is Cn1ccnc1-c1cc(N)ncn1. The van der Waals surface area contributed by atoms with Gasteiger partial charge in [0, 0.05) is 25.5 Å². The van der Waals surface area contributed by atoms with Crippen molar-refractivity contribution in [1.29, 1.82) is 0 Å². The molecule has 5 heteroatoms. The average Bonchev–Trinajstić information content (AvgIpc) is 2.51. The number of nitrogens with two attached hydrogens (primary N) is 1. The van der Waals surface area contributed by atoms with Gasteiger partial charge in [0.25, 0.3) is 0 Å². The molecule has 0 aromatic carbocycles. The number of aryl methyl sites for hydroxylation is 1. The van der Waals surface area contributed by atoms with E-state index in [1.807, 2.05) is 17.8 Å². The van der Waals surface area contributed by atoms with E-state index in [1.165, 1.54) is 6.33 Å². The van der Waals surface area contributed by atoms with E-state index in [1.54, 1.807) is 12.3 Å². The second-order valence-electron chi connectivity index (χ2n) is 2.69. The van der Waals surface area contributed by atoms with Crippen LogP contribution in [0.2, 0.25) is 0 Å². The van der Waals surface area contributed by atoms with Gasteiger partial charge < -0.3 is 10.3 Å². The smallest absolute Gasteiger partial charge is 0.158 e. The Labute approximate surface area is 75.3 Å². The van der Waals surface area contributed by atoms with Gasteiger partial charge in [-0.15, -0.1) is 0 Å². The zero-order chi connectivity index (χ0) is 9.26. The molecule has 2 aromatic rings. The van der Waals surface area contributed by atoms with Gasteiger partial charge in [0.05, 0.1) is 0 Å². The topological polar surface area (TPSA) is 69.6 Å². The number of nitrogens with zero attached hydrogens (tertiary/aromatic N) is 4. The minimum absolute atomic E-state index is 0.452. The first-order valence-electron chi connectivity index (χ1n) is 3.82. The summed E-state index contributed by atoms with van der Waals surface area (Å²) >= 11 is 0. The minimum atomic E-state index is 0.452. The highest BCUT2D eigenvalue weighted by Crippen LogP contribution is 2.13. The molecule has 0 fully saturated rings. The molecule has 13 heavy (non-hydrogen) atoms. The highest BCUT2D eigenvalue weighted by atomic mass is 15.1. The molecule has 0 radical (unpaired) electrons. The fourth-order valence-electron chi connectivity index (χ4n) is 1.11. The van der Waals surface area contributed by atoms with E-state index in [0.29, 0.717) is 5.82 Å². The fourth-order valence-corrected chi connectivity index (χ4v) is 1.11. The minimum Gasteiger partial charge on any atom is -0.384 e. The number of anilines is 1. The predicted octanol–water partition coefficient (Wildman–Crippen LogP) is 0.459. The fraction of sp³-hybridized carbons (Fsp3) is 0.125. The summed E-state index contributed by atoms with van der Waals surface area (Å²) in [5.74, 6) is 1.24. The summed E-state index contributed by atoms with van der Waals surface area (Å²) in [6.45, 7) is 0. The van der Waals surface area contributed by atoms with Crippen molar-refractivity contribution in [3.05, 3.63) is 24.8 Å². The van der Waals surface area contributed by atoms with Crippen molar-refractivity contribution in [2.75, 3.05) is 5.73 Å². The molecule has 2 aromatic heterocycles. The first-order chi connectivity index (χ1) is 6.27. The third-order valence-corrected chi connectivity index (χ3v) is 1.74. The second kappa shape index (κ2) is 2.85. The van der Waals surface area contributed by atoms with Crippen LogP contribution in [0.25, 0.3) is 11.5 Å². The molecule has 0 aliphatic rings. The molecular formula is C8H9N5. The van der Waals surface area contributed by atoms with E-state index >= 15 is 0 Å². The van der Waals surface area contributed by atoms with Crippen LogP contribution >= 0.6 is 0 Å². The monoisotopic (exact) mass is 175 g/mol. The van der Waals surface area contributed by atoms with Gasteiger partial charge in [0.1, 0.15) is 17.8 Å². The Hall–Kier alpha value is -1.91. The number of nitrogen functional groups attached to an aromatic ring is 1. The van der Waals surface area contributed by atoms with Gasteiger partial charge in [-0.3, -0.25) is 0 Å². The van der Waals surface area contributed by atoms with Crippen molar-refractivity contribution in [2.45, 2.75) is 0 Å². The van der Waals surface area contributed by atoms with Gasteiger partial charge in [-0.1, -0.05) is 0 Å². The van der Waals surface area contributed by atoms with Crippen LogP contribution in [0.5, 0.6) is 0 Å².